The van der Waals surface area contributed by atoms with Crippen LogP contribution in [0.1, 0.15) is 31.7 Å². The van der Waals surface area contributed by atoms with E-state index in [0.717, 1.165) is 25.0 Å². The summed E-state index contributed by atoms with van der Waals surface area (Å²) in [5.41, 5.74) is 6.36. The molecule has 0 aliphatic rings. The zero-order valence-electron chi connectivity index (χ0n) is 11.3. The van der Waals surface area contributed by atoms with E-state index in [-0.39, 0.29) is 24.9 Å². The Morgan fingerprint density at radius 3 is 2.63 bits per heavy atom. The van der Waals surface area contributed by atoms with Crippen LogP contribution >= 0.6 is 0 Å². The number of halogens is 2. The zero-order chi connectivity index (χ0) is 14.4. The number of nitrogens with zero attached hydrogens (tertiary/aromatic N) is 1. The van der Waals surface area contributed by atoms with Crippen molar-refractivity contribution in [2.24, 2.45) is 5.73 Å². The first-order chi connectivity index (χ1) is 8.93. The van der Waals surface area contributed by atoms with Crippen LogP contribution in [0, 0.1) is 11.6 Å². The van der Waals surface area contributed by atoms with E-state index in [1.807, 2.05) is 6.92 Å². The Hall–Kier alpha value is -1.49. The van der Waals surface area contributed by atoms with Gasteiger partial charge in [0.05, 0.1) is 0 Å². The van der Waals surface area contributed by atoms with Gasteiger partial charge < -0.3 is 10.6 Å². The molecule has 19 heavy (non-hydrogen) atoms. The number of rotatable bonds is 6. The Bertz CT molecular complexity index is 437. The topological polar surface area (TPSA) is 46.3 Å². The molecule has 2 N–H and O–H groups in total. The van der Waals surface area contributed by atoms with Crippen molar-refractivity contribution in [1.29, 1.82) is 0 Å². The second-order valence-electron chi connectivity index (χ2n) is 4.75. The van der Waals surface area contributed by atoms with E-state index in [2.05, 4.69) is 0 Å². The predicted octanol–water partition coefficient (Wildman–Crippen LogP) is 2.44. The summed E-state index contributed by atoms with van der Waals surface area (Å²) in [4.78, 5) is 13.3. The van der Waals surface area contributed by atoms with Crippen molar-refractivity contribution >= 4 is 5.91 Å². The number of hydrogen-bond donors (Lipinski definition) is 1. The first-order valence-corrected chi connectivity index (χ1v) is 6.37. The second kappa shape index (κ2) is 7.19. The van der Waals surface area contributed by atoms with Crippen LogP contribution in [0.4, 0.5) is 8.78 Å². The van der Waals surface area contributed by atoms with Crippen LogP contribution in [-0.2, 0) is 11.3 Å². The number of benzene rings is 1. The lowest BCUT2D eigenvalue weighted by Crippen LogP contribution is -2.32. The molecular formula is C14H20F2N2O. The Labute approximate surface area is 112 Å². The highest BCUT2D eigenvalue weighted by molar-refractivity contribution is 5.76. The summed E-state index contributed by atoms with van der Waals surface area (Å²) in [5.74, 6) is -1.88. The van der Waals surface area contributed by atoms with Crippen molar-refractivity contribution < 1.29 is 13.6 Å². The van der Waals surface area contributed by atoms with Gasteiger partial charge in [-0.25, -0.2) is 8.78 Å². The summed E-state index contributed by atoms with van der Waals surface area (Å²) >= 11 is 0. The summed E-state index contributed by atoms with van der Waals surface area (Å²) in [5, 5.41) is 0. The molecule has 0 bridgehead atoms. The maximum Gasteiger partial charge on any atom is 0.224 e. The highest BCUT2D eigenvalue weighted by Gasteiger charge is 2.14. The molecule has 0 aliphatic carbocycles. The van der Waals surface area contributed by atoms with Crippen molar-refractivity contribution in [2.45, 2.75) is 38.8 Å². The Morgan fingerprint density at radius 2 is 2.05 bits per heavy atom. The van der Waals surface area contributed by atoms with Gasteiger partial charge in [0, 0.05) is 26.1 Å². The zero-order valence-corrected chi connectivity index (χ0v) is 11.3. The molecule has 1 atom stereocenters. The Kier molecular flexibility index (Phi) is 5.89. The molecule has 1 aromatic carbocycles. The highest BCUT2D eigenvalue weighted by Crippen LogP contribution is 2.11. The van der Waals surface area contributed by atoms with E-state index < -0.39 is 11.6 Å². The summed E-state index contributed by atoms with van der Waals surface area (Å²) < 4.78 is 25.8. The molecule has 0 spiro atoms. The molecule has 5 heteroatoms. The van der Waals surface area contributed by atoms with Crippen LogP contribution < -0.4 is 5.73 Å². The van der Waals surface area contributed by atoms with Gasteiger partial charge in [0.15, 0.2) is 11.6 Å². The van der Waals surface area contributed by atoms with E-state index in [9.17, 15) is 13.6 Å². The molecular weight excluding hydrogens is 250 g/mol. The number of nitrogens with two attached hydrogens (primary N) is 1. The smallest absolute Gasteiger partial charge is 0.224 e. The summed E-state index contributed by atoms with van der Waals surface area (Å²) in [6.45, 7) is 2.25. The van der Waals surface area contributed by atoms with Gasteiger partial charge in [0.25, 0.3) is 0 Å². The number of carbonyl (C=O) groups excluding carboxylic acids is 1. The number of carbonyl (C=O) groups is 1. The Balaban J connectivity index is 2.56. The molecule has 0 saturated heterocycles. The molecule has 1 amide bonds. The van der Waals surface area contributed by atoms with E-state index in [1.54, 1.807) is 7.05 Å². The van der Waals surface area contributed by atoms with Gasteiger partial charge in [-0.15, -0.1) is 0 Å². The fourth-order valence-electron chi connectivity index (χ4n) is 1.85. The van der Waals surface area contributed by atoms with Gasteiger partial charge in [-0.05, 0) is 24.1 Å². The number of amides is 1. The first-order valence-electron chi connectivity index (χ1n) is 6.37. The summed E-state index contributed by atoms with van der Waals surface area (Å²) in [7, 11) is 1.63. The molecule has 0 fully saturated rings. The SMILES string of the molecule is CCCC(N)CC(=O)N(C)Cc1ccc(F)c(F)c1. The van der Waals surface area contributed by atoms with Gasteiger partial charge in [0.2, 0.25) is 5.91 Å². The summed E-state index contributed by atoms with van der Waals surface area (Å²) in [6.07, 6.45) is 2.00. The first kappa shape index (κ1) is 15.6. The largest absolute Gasteiger partial charge is 0.341 e. The van der Waals surface area contributed by atoms with E-state index in [4.69, 9.17) is 5.73 Å². The minimum absolute atomic E-state index is 0.0920. The van der Waals surface area contributed by atoms with Crippen LogP contribution in [0.25, 0.3) is 0 Å². The monoisotopic (exact) mass is 270 g/mol. The van der Waals surface area contributed by atoms with Crippen LogP contribution in [0.3, 0.4) is 0 Å². The van der Waals surface area contributed by atoms with Crippen molar-refractivity contribution in [1.82, 2.24) is 4.90 Å². The fourth-order valence-corrected chi connectivity index (χ4v) is 1.85. The van der Waals surface area contributed by atoms with E-state index in [1.165, 1.54) is 11.0 Å². The standard InChI is InChI=1S/C14H20F2N2O/c1-3-4-11(17)8-14(19)18(2)9-10-5-6-12(15)13(16)7-10/h5-7,11H,3-4,8-9,17H2,1-2H3. The van der Waals surface area contributed by atoms with Crippen molar-refractivity contribution in [3.05, 3.63) is 35.4 Å². The Morgan fingerprint density at radius 1 is 1.37 bits per heavy atom. The summed E-state index contributed by atoms with van der Waals surface area (Å²) in [6, 6.07) is 3.48. The molecule has 106 valence electrons. The molecule has 3 nitrogen and oxygen atoms in total. The molecule has 0 saturated carbocycles. The minimum Gasteiger partial charge on any atom is -0.341 e. The van der Waals surface area contributed by atoms with Gasteiger partial charge >= 0.3 is 0 Å². The average Bonchev–Trinajstić information content (AvgIpc) is 2.34. The molecule has 1 aromatic rings. The van der Waals surface area contributed by atoms with Crippen LogP contribution in [0.15, 0.2) is 18.2 Å². The van der Waals surface area contributed by atoms with Gasteiger partial charge in [0.1, 0.15) is 0 Å². The third kappa shape index (κ3) is 4.95. The third-order valence-corrected chi connectivity index (χ3v) is 2.93. The molecule has 0 aromatic heterocycles. The normalized spacial score (nSPS) is 12.3. The molecule has 1 unspecified atom stereocenters. The molecule has 1 rings (SSSR count). The lowest BCUT2D eigenvalue weighted by atomic mass is 10.1. The van der Waals surface area contributed by atoms with Crippen LogP contribution in [0.5, 0.6) is 0 Å². The molecule has 0 radical (unpaired) electrons. The predicted molar refractivity (Wildman–Crippen MR) is 70.3 cm³/mol. The fraction of sp³-hybridized carbons (Fsp3) is 0.500. The number of hydrogen-bond acceptors (Lipinski definition) is 2. The molecule has 0 aliphatic heterocycles. The maximum atomic E-state index is 13.0. The third-order valence-electron chi connectivity index (χ3n) is 2.93. The van der Waals surface area contributed by atoms with Gasteiger partial charge in [-0.2, -0.15) is 0 Å². The van der Waals surface area contributed by atoms with E-state index >= 15 is 0 Å². The van der Waals surface area contributed by atoms with Crippen molar-refractivity contribution in [3.63, 3.8) is 0 Å². The lowest BCUT2D eigenvalue weighted by Gasteiger charge is -2.19. The second-order valence-corrected chi connectivity index (χ2v) is 4.75. The highest BCUT2D eigenvalue weighted by atomic mass is 19.2. The van der Waals surface area contributed by atoms with Gasteiger partial charge in [-0.3, -0.25) is 4.79 Å². The van der Waals surface area contributed by atoms with Crippen LogP contribution in [0.2, 0.25) is 0 Å². The minimum atomic E-state index is -0.902. The van der Waals surface area contributed by atoms with Gasteiger partial charge in [-0.1, -0.05) is 19.4 Å². The van der Waals surface area contributed by atoms with Crippen molar-refractivity contribution in [3.8, 4) is 0 Å². The maximum absolute atomic E-state index is 13.0. The average molecular weight is 270 g/mol. The van der Waals surface area contributed by atoms with E-state index in [0.29, 0.717) is 5.56 Å². The van der Waals surface area contributed by atoms with Crippen molar-refractivity contribution in [2.75, 3.05) is 7.05 Å². The van der Waals surface area contributed by atoms with Crippen LogP contribution in [-0.4, -0.2) is 23.9 Å². The quantitative estimate of drug-likeness (QED) is 0.863. The molecule has 0 heterocycles. The lowest BCUT2D eigenvalue weighted by molar-refractivity contribution is -0.130.